The van der Waals surface area contributed by atoms with Crippen molar-refractivity contribution >= 4 is 18.0 Å². The summed E-state index contributed by atoms with van der Waals surface area (Å²) < 4.78 is 32.9. The molecule has 0 saturated carbocycles. The van der Waals surface area contributed by atoms with Crippen LogP contribution in [0.1, 0.15) is 13.2 Å². The summed E-state index contributed by atoms with van der Waals surface area (Å²) in [6, 6.07) is 0. The van der Waals surface area contributed by atoms with Crippen molar-refractivity contribution < 1.29 is 28.8 Å². The van der Waals surface area contributed by atoms with E-state index < -0.39 is 42.0 Å². The average molecular weight is 309 g/mol. The Kier molecular flexibility index (Phi) is 3.55. The maximum absolute atomic E-state index is 14.1. The first-order valence-corrected chi connectivity index (χ1v) is 5.96. The number of nitrogen functional groups attached to an aromatic ring is 1. The van der Waals surface area contributed by atoms with Gasteiger partial charge in [-0.3, -0.25) is 4.57 Å². The number of nitrogens with zero attached hydrogens (tertiary/aromatic N) is 2. The highest BCUT2D eigenvalue weighted by Crippen LogP contribution is 2.45. The van der Waals surface area contributed by atoms with Crippen molar-refractivity contribution in [1.29, 1.82) is 0 Å². The van der Waals surface area contributed by atoms with Crippen molar-refractivity contribution in [3.8, 4) is 0 Å². The first-order valence-electron chi connectivity index (χ1n) is 5.55. The molecule has 4 unspecified atom stereocenters. The van der Waals surface area contributed by atoms with Crippen molar-refractivity contribution in [2.75, 3.05) is 12.3 Å². The fourth-order valence-corrected chi connectivity index (χ4v) is 2.28. The zero-order valence-corrected chi connectivity index (χ0v) is 11.1. The number of aliphatic hydroxyl groups excluding tert-OH is 2. The summed E-state index contributed by atoms with van der Waals surface area (Å²) in [5.74, 6) is -4.31. The zero-order chi connectivity index (χ0) is 15.3. The number of alkyl halides is 1. The Hall–Kier alpha value is -1.20. The van der Waals surface area contributed by atoms with Crippen molar-refractivity contribution in [3.05, 3.63) is 16.8 Å². The van der Waals surface area contributed by atoms with E-state index in [1.54, 1.807) is 0 Å². The van der Waals surface area contributed by atoms with E-state index in [-0.39, 0.29) is 4.77 Å². The van der Waals surface area contributed by atoms with Crippen molar-refractivity contribution in [3.63, 3.8) is 0 Å². The van der Waals surface area contributed by atoms with Gasteiger partial charge in [0.1, 0.15) is 18.3 Å². The third kappa shape index (κ3) is 2.09. The summed E-state index contributed by atoms with van der Waals surface area (Å²) in [6.45, 7) is -0.131. The Labute approximate surface area is 117 Å². The molecule has 1 aliphatic heterocycles. The topological polar surface area (TPSA) is 114 Å². The minimum atomic E-state index is -2.90. The van der Waals surface area contributed by atoms with Crippen molar-refractivity contribution in [1.82, 2.24) is 9.55 Å². The second-order valence-corrected chi connectivity index (χ2v) is 5.07. The van der Waals surface area contributed by atoms with Crippen LogP contribution < -0.4 is 5.73 Å². The van der Waals surface area contributed by atoms with E-state index >= 15 is 0 Å². The molecule has 0 aliphatic carbocycles. The lowest BCUT2D eigenvalue weighted by atomic mass is 9.95. The number of halogens is 2. The Bertz CT molecular complexity index is 596. The lowest BCUT2D eigenvalue weighted by Crippen LogP contribution is -2.48. The predicted octanol–water partition coefficient (Wildman–Crippen LogP) is -0.367. The summed E-state index contributed by atoms with van der Waals surface area (Å²) in [7, 11) is 0. The van der Waals surface area contributed by atoms with Gasteiger partial charge in [-0.2, -0.15) is 4.98 Å². The monoisotopic (exact) mass is 309 g/mol. The number of anilines is 1. The van der Waals surface area contributed by atoms with Crippen LogP contribution in [0.4, 0.5) is 14.6 Å². The Morgan fingerprint density at radius 1 is 1.65 bits per heavy atom. The van der Waals surface area contributed by atoms with E-state index in [1.165, 1.54) is 0 Å². The van der Waals surface area contributed by atoms with Crippen molar-refractivity contribution in [2.45, 2.75) is 30.7 Å². The predicted molar refractivity (Wildman–Crippen MR) is 65.1 cm³/mol. The molecule has 0 spiro atoms. The normalized spacial score (nSPS) is 37.3. The van der Waals surface area contributed by atoms with Gasteiger partial charge >= 0.3 is 0 Å². The molecule has 1 aromatic rings. The van der Waals surface area contributed by atoms with Gasteiger partial charge in [0.2, 0.25) is 4.77 Å². The molecular formula is C10H13F2N3O4S. The third-order valence-electron chi connectivity index (χ3n) is 3.17. The van der Waals surface area contributed by atoms with Crippen LogP contribution in [0, 0.1) is 10.6 Å². The number of hydrogen-bond acceptors (Lipinski definition) is 7. The van der Waals surface area contributed by atoms with Gasteiger partial charge in [-0.05, 0) is 19.1 Å². The van der Waals surface area contributed by atoms with Gasteiger partial charge in [0.15, 0.2) is 17.9 Å². The molecule has 0 amide bonds. The molecule has 1 saturated heterocycles. The molecule has 1 aromatic heterocycles. The van der Waals surface area contributed by atoms with Gasteiger partial charge in [-0.15, -0.1) is 0 Å². The standard InChI is InChI=1S/C10H13F2N3O4S/c1-9(18)6(17)10(12,3-16)19-7(9)15-2-4(11)5(13)14-8(15)20/h2,6-7,16-18H,3H2,1H3,(H2,13,14,20). The molecule has 0 aromatic carbocycles. The maximum Gasteiger partial charge on any atom is 0.263 e. The second-order valence-electron chi connectivity index (χ2n) is 4.71. The SMILES string of the molecule is CC1(O)C(n2cc(F)c(N)nc2=S)OC(F)(CO)C1O. The molecule has 0 bridgehead atoms. The number of ether oxygens (including phenoxy) is 1. The fourth-order valence-electron chi connectivity index (χ4n) is 2.03. The van der Waals surface area contributed by atoms with Crippen LogP contribution in [0.5, 0.6) is 0 Å². The molecule has 1 fully saturated rings. The van der Waals surface area contributed by atoms with Crippen molar-refractivity contribution in [2.24, 2.45) is 0 Å². The highest BCUT2D eigenvalue weighted by Gasteiger charge is 2.62. The largest absolute Gasteiger partial charge is 0.390 e. The Balaban J connectivity index is 2.54. The van der Waals surface area contributed by atoms with E-state index in [1.807, 2.05) is 0 Å². The van der Waals surface area contributed by atoms with Gasteiger partial charge in [-0.1, -0.05) is 0 Å². The number of aromatic nitrogens is 2. The first-order chi connectivity index (χ1) is 9.13. The van der Waals surface area contributed by atoms with Gasteiger partial charge < -0.3 is 25.8 Å². The van der Waals surface area contributed by atoms with E-state index in [0.717, 1.165) is 17.7 Å². The van der Waals surface area contributed by atoms with E-state index in [9.17, 15) is 19.0 Å². The van der Waals surface area contributed by atoms with E-state index in [4.69, 9.17) is 27.8 Å². The minimum Gasteiger partial charge on any atom is -0.390 e. The molecular weight excluding hydrogens is 296 g/mol. The summed E-state index contributed by atoms with van der Waals surface area (Å²) >= 11 is 4.84. The Morgan fingerprint density at radius 3 is 2.75 bits per heavy atom. The summed E-state index contributed by atoms with van der Waals surface area (Å²) in [5.41, 5.74) is 3.06. The highest BCUT2D eigenvalue weighted by molar-refractivity contribution is 7.71. The third-order valence-corrected chi connectivity index (χ3v) is 3.47. The van der Waals surface area contributed by atoms with Crippen LogP contribution in [0.3, 0.4) is 0 Å². The van der Waals surface area contributed by atoms with E-state index in [2.05, 4.69) is 4.98 Å². The molecule has 0 radical (unpaired) electrons. The van der Waals surface area contributed by atoms with E-state index in [0.29, 0.717) is 0 Å². The lowest BCUT2D eigenvalue weighted by molar-refractivity contribution is -0.207. The summed E-state index contributed by atoms with van der Waals surface area (Å²) in [4.78, 5) is 3.50. The van der Waals surface area contributed by atoms with Crippen LogP contribution in [-0.4, -0.2) is 49.0 Å². The van der Waals surface area contributed by atoms with Gasteiger partial charge in [-0.25, -0.2) is 8.78 Å². The molecule has 5 N–H and O–H groups in total. The molecule has 2 rings (SSSR count). The highest BCUT2D eigenvalue weighted by atomic mass is 32.1. The maximum atomic E-state index is 14.1. The smallest absolute Gasteiger partial charge is 0.263 e. The zero-order valence-electron chi connectivity index (χ0n) is 10.3. The van der Waals surface area contributed by atoms with Gasteiger partial charge in [0.25, 0.3) is 5.85 Å². The summed E-state index contributed by atoms with van der Waals surface area (Å²) in [6.07, 6.45) is -2.86. The molecule has 10 heteroatoms. The van der Waals surface area contributed by atoms with Gasteiger partial charge in [0.05, 0.1) is 0 Å². The lowest BCUT2D eigenvalue weighted by Gasteiger charge is -2.27. The quantitative estimate of drug-likeness (QED) is 0.551. The molecule has 4 atom stereocenters. The summed E-state index contributed by atoms with van der Waals surface area (Å²) in [5, 5.41) is 28.8. The Morgan fingerprint density at radius 2 is 2.25 bits per heavy atom. The van der Waals surface area contributed by atoms with Crippen LogP contribution >= 0.6 is 12.2 Å². The molecule has 112 valence electrons. The number of aliphatic hydroxyl groups is 3. The second kappa shape index (κ2) is 4.67. The fraction of sp³-hybridized carbons (Fsp3) is 0.600. The van der Waals surface area contributed by atoms with Crippen LogP contribution in [-0.2, 0) is 4.74 Å². The molecule has 1 aliphatic rings. The average Bonchev–Trinajstić information content (AvgIpc) is 2.56. The molecule has 7 nitrogen and oxygen atoms in total. The van der Waals surface area contributed by atoms with Gasteiger partial charge in [0, 0.05) is 6.20 Å². The molecule has 2 heterocycles. The first kappa shape index (κ1) is 15.2. The number of hydrogen-bond donors (Lipinski definition) is 4. The number of nitrogens with two attached hydrogens (primary N) is 1. The van der Waals surface area contributed by atoms with Crippen LogP contribution in [0.15, 0.2) is 6.20 Å². The number of rotatable bonds is 2. The molecule has 20 heavy (non-hydrogen) atoms. The van der Waals surface area contributed by atoms with Crippen LogP contribution in [0.2, 0.25) is 0 Å². The van der Waals surface area contributed by atoms with Crippen LogP contribution in [0.25, 0.3) is 0 Å². The minimum absolute atomic E-state index is 0.274.